The summed E-state index contributed by atoms with van der Waals surface area (Å²) in [6.45, 7) is 3.87. The van der Waals surface area contributed by atoms with Crippen molar-refractivity contribution in [1.29, 1.82) is 0 Å². The van der Waals surface area contributed by atoms with Crippen molar-refractivity contribution < 1.29 is 22.7 Å². The number of anilines is 1. The van der Waals surface area contributed by atoms with E-state index in [0.29, 0.717) is 17.3 Å². The van der Waals surface area contributed by atoms with E-state index < -0.39 is 28.5 Å². The first-order valence-electron chi connectivity index (χ1n) is 14.7. The number of sulfonamides is 1. The molecule has 1 unspecified atom stereocenters. The summed E-state index contributed by atoms with van der Waals surface area (Å²) in [5.41, 5.74) is 1.80. The van der Waals surface area contributed by atoms with Gasteiger partial charge in [0, 0.05) is 24.5 Å². The molecule has 2 amide bonds. The van der Waals surface area contributed by atoms with Gasteiger partial charge in [-0.3, -0.25) is 13.9 Å². The largest absolute Gasteiger partial charge is 0.497 e. The van der Waals surface area contributed by atoms with Crippen molar-refractivity contribution in [3.63, 3.8) is 0 Å². The first-order chi connectivity index (χ1) is 21.6. The van der Waals surface area contributed by atoms with Gasteiger partial charge in [-0.25, -0.2) is 8.42 Å². The third-order valence-electron chi connectivity index (χ3n) is 7.15. The number of hydrogen-bond acceptors (Lipinski definition) is 5. The van der Waals surface area contributed by atoms with Crippen LogP contribution in [0.1, 0.15) is 25.0 Å². The molecule has 8 nitrogen and oxygen atoms in total. The van der Waals surface area contributed by atoms with Crippen molar-refractivity contribution >= 4 is 39.1 Å². The number of nitrogens with one attached hydrogen (secondary N) is 1. The summed E-state index contributed by atoms with van der Waals surface area (Å²) in [4.78, 5) is 29.8. The van der Waals surface area contributed by atoms with E-state index in [9.17, 15) is 18.0 Å². The molecule has 0 radical (unpaired) electrons. The second-order valence-corrected chi connectivity index (χ2v) is 13.3. The molecule has 0 saturated carbocycles. The van der Waals surface area contributed by atoms with Crippen molar-refractivity contribution in [2.24, 2.45) is 5.92 Å². The van der Waals surface area contributed by atoms with E-state index in [4.69, 9.17) is 16.3 Å². The van der Waals surface area contributed by atoms with Crippen LogP contribution < -0.4 is 14.4 Å². The molecule has 0 aliphatic rings. The number of ether oxygens (including phenoxy) is 1. The van der Waals surface area contributed by atoms with Crippen LogP contribution >= 0.6 is 11.6 Å². The minimum absolute atomic E-state index is 0.0210. The highest BCUT2D eigenvalue weighted by atomic mass is 35.5. The summed E-state index contributed by atoms with van der Waals surface area (Å²) >= 11 is 6.28. The topological polar surface area (TPSA) is 96.0 Å². The van der Waals surface area contributed by atoms with Crippen LogP contribution in [0.3, 0.4) is 0 Å². The van der Waals surface area contributed by atoms with Gasteiger partial charge in [0.05, 0.1) is 17.7 Å². The van der Waals surface area contributed by atoms with Gasteiger partial charge in [0.25, 0.3) is 10.0 Å². The monoisotopic (exact) mass is 647 g/mol. The number of carbonyl (C=O) groups excluding carboxylic acids is 2. The molecule has 0 heterocycles. The van der Waals surface area contributed by atoms with Gasteiger partial charge in [0.2, 0.25) is 11.8 Å². The van der Waals surface area contributed by atoms with Crippen molar-refractivity contribution in [3.05, 3.63) is 125 Å². The Bertz CT molecular complexity index is 1680. The summed E-state index contributed by atoms with van der Waals surface area (Å²) in [5, 5.41) is 3.30. The molecule has 0 aliphatic heterocycles. The van der Waals surface area contributed by atoms with E-state index in [0.717, 1.165) is 15.4 Å². The molecule has 0 bridgehead atoms. The Hall–Kier alpha value is -4.34. The standard InChI is InChI=1S/C35H38ClN3O5S/c1-26(2)23-37-35(41)33(21-27-12-6-4-7-13-27)38(24-28-14-10-17-31(20-28)44-3)34(40)25-39(30-16-11-15-29(36)22-30)45(42,43)32-18-8-5-9-19-32/h4-20,22,26,33H,21,23-25H2,1-3H3,(H,37,41). The van der Waals surface area contributed by atoms with Gasteiger partial charge in [0.1, 0.15) is 18.3 Å². The average molecular weight is 648 g/mol. The zero-order valence-corrected chi connectivity index (χ0v) is 27.2. The van der Waals surface area contributed by atoms with E-state index in [1.807, 2.05) is 50.2 Å². The van der Waals surface area contributed by atoms with Gasteiger partial charge < -0.3 is 15.0 Å². The molecule has 1 atom stereocenters. The predicted molar refractivity (Wildman–Crippen MR) is 178 cm³/mol. The van der Waals surface area contributed by atoms with Crippen LogP contribution in [0.5, 0.6) is 5.75 Å². The Morgan fingerprint density at radius 2 is 1.49 bits per heavy atom. The fourth-order valence-electron chi connectivity index (χ4n) is 4.82. The Morgan fingerprint density at radius 3 is 2.13 bits per heavy atom. The molecule has 4 rings (SSSR count). The van der Waals surface area contributed by atoms with Crippen molar-refractivity contribution in [1.82, 2.24) is 10.2 Å². The fraction of sp³-hybridized carbons (Fsp3) is 0.257. The van der Waals surface area contributed by atoms with Crippen LogP contribution in [-0.4, -0.2) is 51.4 Å². The molecular weight excluding hydrogens is 610 g/mol. The summed E-state index contributed by atoms with van der Waals surface area (Å²) < 4.78 is 34.5. The molecule has 0 fully saturated rings. The lowest BCUT2D eigenvalue weighted by Crippen LogP contribution is -2.53. The number of benzene rings is 4. The molecule has 0 spiro atoms. The number of hydrogen-bond donors (Lipinski definition) is 1. The van der Waals surface area contributed by atoms with E-state index >= 15 is 0 Å². The molecule has 0 aromatic heterocycles. The smallest absolute Gasteiger partial charge is 0.264 e. The molecule has 45 heavy (non-hydrogen) atoms. The van der Waals surface area contributed by atoms with Gasteiger partial charge in [-0.2, -0.15) is 0 Å². The van der Waals surface area contributed by atoms with Crippen LogP contribution in [0.15, 0.2) is 114 Å². The molecule has 4 aromatic carbocycles. The second kappa shape index (κ2) is 15.6. The van der Waals surface area contributed by atoms with Crippen molar-refractivity contribution in [2.75, 3.05) is 24.5 Å². The Kier molecular flexibility index (Phi) is 11.6. The van der Waals surface area contributed by atoms with E-state index in [2.05, 4.69) is 5.32 Å². The lowest BCUT2D eigenvalue weighted by atomic mass is 10.0. The molecule has 4 aromatic rings. The zero-order chi connectivity index (χ0) is 32.4. The summed E-state index contributed by atoms with van der Waals surface area (Å²) in [5.74, 6) is -0.110. The molecular formula is C35H38ClN3O5S. The number of rotatable bonds is 14. The molecule has 0 aliphatic carbocycles. The highest BCUT2D eigenvalue weighted by Gasteiger charge is 2.34. The number of amides is 2. The van der Waals surface area contributed by atoms with Crippen LogP contribution in [0.4, 0.5) is 5.69 Å². The highest BCUT2D eigenvalue weighted by molar-refractivity contribution is 7.92. The number of halogens is 1. The first kappa shape index (κ1) is 33.6. The van der Waals surface area contributed by atoms with Gasteiger partial charge in [-0.05, 0) is 59.5 Å². The Morgan fingerprint density at radius 1 is 0.844 bits per heavy atom. The predicted octanol–water partition coefficient (Wildman–Crippen LogP) is 5.96. The quantitative estimate of drug-likeness (QED) is 0.182. The zero-order valence-electron chi connectivity index (χ0n) is 25.6. The van der Waals surface area contributed by atoms with Crippen LogP contribution in [0.25, 0.3) is 0 Å². The third-order valence-corrected chi connectivity index (χ3v) is 9.17. The minimum Gasteiger partial charge on any atom is -0.497 e. The molecule has 0 saturated heterocycles. The summed E-state index contributed by atoms with van der Waals surface area (Å²) in [7, 11) is -2.65. The van der Waals surface area contributed by atoms with E-state index in [1.165, 1.54) is 23.1 Å². The van der Waals surface area contributed by atoms with E-state index in [-0.39, 0.29) is 35.4 Å². The SMILES string of the molecule is COc1cccc(CN(C(=O)CN(c2cccc(Cl)c2)S(=O)(=O)c2ccccc2)C(Cc2ccccc2)C(=O)NCC(C)C)c1. The van der Waals surface area contributed by atoms with Gasteiger partial charge in [-0.1, -0.05) is 92.2 Å². The summed E-state index contributed by atoms with van der Waals surface area (Å²) in [6.07, 6.45) is 0.225. The number of methoxy groups -OCH3 is 1. The number of carbonyl (C=O) groups is 2. The fourth-order valence-corrected chi connectivity index (χ4v) is 6.44. The second-order valence-electron chi connectivity index (χ2n) is 11.0. The van der Waals surface area contributed by atoms with E-state index in [1.54, 1.807) is 61.7 Å². The van der Waals surface area contributed by atoms with Crippen LogP contribution in [0, 0.1) is 5.92 Å². The van der Waals surface area contributed by atoms with Crippen molar-refractivity contribution in [3.8, 4) is 5.75 Å². The maximum Gasteiger partial charge on any atom is 0.264 e. The van der Waals surface area contributed by atoms with Crippen molar-refractivity contribution in [2.45, 2.75) is 37.8 Å². The van der Waals surface area contributed by atoms with Gasteiger partial charge in [-0.15, -0.1) is 0 Å². The summed E-state index contributed by atoms with van der Waals surface area (Å²) in [6, 6.07) is 30.0. The van der Waals surface area contributed by atoms with Crippen LogP contribution in [-0.2, 0) is 32.6 Å². The van der Waals surface area contributed by atoms with Gasteiger partial charge in [0.15, 0.2) is 0 Å². The third kappa shape index (κ3) is 9.09. The average Bonchev–Trinajstić information content (AvgIpc) is 3.04. The lowest BCUT2D eigenvalue weighted by molar-refractivity contribution is -0.140. The highest BCUT2D eigenvalue weighted by Crippen LogP contribution is 2.27. The number of nitrogens with zero attached hydrogens (tertiary/aromatic N) is 2. The van der Waals surface area contributed by atoms with Gasteiger partial charge >= 0.3 is 0 Å². The Balaban J connectivity index is 1.80. The molecule has 236 valence electrons. The minimum atomic E-state index is -4.20. The maximum absolute atomic E-state index is 14.5. The van der Waals surface area contributed by atoms with Crippen LogP contribution in [0.2, 0.25) is 5.02 Å². The Labute approximate surface area is 270 Å². The molecule has 1 N–H and O–H groups in total. The lowest BCUT2D eigenvalue weighted by Gasteiger charge is -2.34. The molecule has 10 heteroatoms. The normalized spacial score (nSPS) is 11.9. The first-order valence-corrected chi connectivity index (χ1v) is 16.5. The maximum atomic E-state index is 14.5.